The molecule has 0 aliphatic carbocycles. The van der Waals surface area contributed by atoms with E-state index in [2.05, 4.69) is 15.3 Å². The van der Waals surface area contributed by atoms with Crippen molar-refractivity contribution in [1.82, 2.24) is 9.97 Å². The highest BCUT2D eigenvalue weighted by atomic mass is 16.5. The highest BCUT2D eigenvalue weighted by Crippen LogP contribution is 2.27. The van der Waals surface area contributed by atoms with E-state index in [0.717, 1.165) is 33.1 Å². The molecule has 2 N–H and O–H groups in total. The van der Waals surface area contributed by atoms with Crippen LogP contribution in [0, 0.1) is 6.92 Å². The number of aryl methyl sites for hydroxylation is 1. The van der Waals surface area contributed by atoms with E-state index in [9.17, 15) is 4.79 Å². The summed E-state index contributed by atoms with van der Waals surface area (Å²) in [5.74, 6) is 0.560. The molecule has 1 amide bonds. The van der Waals surface area contributed by atoms with Crippen molar-refractivity contribution in [3.8, 4) is 5.75 Å². The number of aromatic amines is 1. The summed E-state index contributed by atoms with van der Waals surface area (Å²) in [4.78, 5) is 20.4. The lowest BCUT2D eigenvalue weighted by Crippen LogP contribution is -2.14. The Labute approximate surface area is 144 Å². The standard InChI is InChI=1S/C20H17N3O2/c1-12-15-9-8-14(25-2)11-17(15)22-18(12)20(24)23-16-7-3-5-13-6-4-10-21-19(13)16/h3-11,22H,1-2H3,(H,23,24). The number of hydrogen-bond donors (Lipinski definition) is 2. The molecule has 0 aliphatic rings. The Morgan fingerprint density at radius 3 is 2.84 bits per heavy atom. The Balaban J connectivity index is 1.73. The fourth-order valence-corrected chi connectivity index (χ4v) is 3.06. The zero-order valence-corrected chi connectivity index (χ0v) is 14.0. The van der Waals surface area contributed by atoms with Gasteiger partial charge in [-0.05, 0) is 36.8 Å². The molecule has 5 heteroatoms. The van der Waals surface area contributed by atoms with Crippen LogP contribution in [0.2, 0.25) is 0 Å². The summed E-state index contributed by atoms with van der Waals surface area (Å²) < 4.78 is 5.25. The summed E-state index contributed by atoms with van der Waals surface area (Å²) in [6.45, 7) is 1.93. The van der Waals surface area contributed by atoms with Gasteiger partial charge in [0.2, 0.25) is 0 Å². The second-order valence-electron chi connectivity index (χ2n) is 5.87. The summed E-state index contributed by atoms with van der Waals surface area (Å²) in [5.41, 5.74) is 3.78. The molecule has 0 saturated heterocycles. The van der Waals surface area contributed by atoms with Gasteiger partial charge in [-0.25, -0.2) is 0 Å². The van der Waals surface area contributed by atoms with Crippen molar-refractivity contribution in [2.24, 2.45) is 0 Å². The molecule has 124 valence electrons. The molecule has 5 nitrogen and oxygen atoms in total. The number of amides is 1. The zero-order chi connectivity index (χ0) is 17.4. The number of anilines is 1. The summed E-state index contributed by atoms with van der Waals surface area (Å²) in [6, 6.07) is 15.3. The SMILES string of the molecule is COc1ccc2c(C)c(C(=O)Nc3cccc4cccnc34)[nH]c2c1. The fraction of sp³-hybridized carbons (Fsp3) is 0.100. The van der Waals surface area contributed by atoms with Gasteiger partial charge in [0, 0.05) is 28.6 Å². The third-order valence-electron chi connectivity index (χ3n) is 4.37. The van der Waals surface area contributed by atoms with Gasteiger partial charge in [0.05, 0.1) is 18.3 Å². The number of pyridine rings is 1. The minimum atomic E-state index is -0.189. The number of fused-ring (bicyclic) bond motifs is 2. The molecule has 2 aromatic carbocycles. The predicted octanol–water partition coefficient (Wildman–Crippen LogP) is 4.29. The molecule has 0 atom stereocenters. The van der Waals surface area contributed by atoms with Gasteiger partial charge < -0.3 is 15.0 Å². The summed E-state index contributed by atoms with van der Waals surface area (Å²) >= 11 is 0. The van der Waals surface area contributed by atoms with Gasteiger partial charge in [0.15, 0.2) is 0 Å². The van der Waals surface area contributed by atoms with Gasteiger partial charge in [-0.1, -0.05) is 18.2 Å². The Kier molecular flexibility index (Phi) is 3.61. The minimum Gasteiger partial charge on any atom is -0.497 e. The number of benzene rings is 2. The van der Waals surface area contributed by atoms with Crippen molar-refractivity contribution < 1.29 is 9.53 Å². The highest BCUT2D eigenvalue weighted by molar-refractivity contribution is 6.10. The molecule has 4 aromatic rings. The first-order valence-corrected chi connectivity index (χ1v) is 7.99. The third-order valence-corrected chi connectivity index (χ3v) is 4.37. The van der Waals surface area contributed by atoms with Gasteiger partial charge >= 0.3 is 0 Å². The van der Waals surface area contributed by atoms with Crippen LogP contribution < -0.4 is 10.1 Å². The van der Waals surface area contributed by atoms with E-state index in [1.54, 1.807) is 13.3 Å². The average Bonchev–Trinajstić information content (AvgIpc) is 2.98. The molecule has 0 spiro atoms. The van der Waals surface area contributed by atoms with E-state index in [0.29, 0.717) is 11.4 Å². The van der Waals surface area contributed by atoms with Crippen LogP contribution in [0.25, 0.3) is 21.8 Å². The molecule has 0 aliphatic heterocycles. The molecule has 0 radical (unpaired) electrons. The van der Waals surface area contributed by atoms with E-state index in [1.807, 2.05) is 55.5 Å². The van der Waals surface area contributed by atoms with Crippen LogP contribution in [0.5, 0.6) is 5.75 Å². The van der Waals surface area contributed by atoms with E-state index in [4.69, 9.17) is 4.74 Å². The number of nitrogens with zero attached hydrogens (tertiary/aromatic N) is 1. The summed E-state index contributed by atoms with van der Waals surface area (Å²) in [5, 5.41) is 4.95. The van der Waals surface area contributed by atoms with E-state index in [1.165, 1.54) is 0 Å². The molecular formula is C20H17N3O2. The van der Waals surface area contributed by atoms with Crippen LogP contribution in [0.15, 0.2) is 54.7 Å². The Bertz CT molecular complexity index is 1090. The van der Waals surface area contributed by atoms with Crippen LogP contribution in [0.4, 0.5) is 5.69 Å². The van der Waals surface area contributed by atoms with E-state index in [-0.39, 0.29) is 5.91 Å². The minimum absolute atomic E-state index is 0.189. The topological polar surface area (TPSA) is 67.0 Å². The molecule has 25 heavy (non-hydrogen) atoms. The number of carbonyl (C=O) groups excluding carboxylic acids is 1. The number of para-hydroxylation sites is 1. The lowest BCUT2D eigenvalue weighted by molar-refractivity contribution is 0.102. The second-order valence-corrected chi connectivity index (χ2v) is 5.87. The fourth-order valence-electron chi connectivity index (χ4n) is 3.06. The van der Waals surface area contributed by atoms with Crippen molar-refractivity contribution in [3.05, 3.63) is 66.0 Å². The van der Waals surface area contributed by atoms with Crippen molar-refractivity contribution in [2.75, 3.05) is 12.4 Å². The smallest absolute Gasteiger partial charge is 0.272 e. The lowest BCUT2D eigenvalue weighted by Gasteiger charge is -2.07. The lowest BCUT2D eigenvalue weighted by atomic mass is 10.1. The zero-order valence-electron chi connectivity index (χ0n) is 14.0. The van der Waals surface area contributed by atoms with Gasteiger partial charge in [-0.15, -0.1) is 0 Å². The van der Waals surface area contributed by atoms with E-state index < -0.39 is 0 Å². The van der Waals surface area contributed by atoms with Gasteiger partial charge in [-0.3, -0.25) is 9.78 Å². The van der Waals surface area contributed by atoms with Crippen LogP contribution in [-0.2, 0) is 0 Å². The van der Waals surface area contributed by atoms with Crippen molar-refractivity contribution in [3.63, 3.8) is 0 Å². The first-order valence-electron chi connectivity index (χ1n) is 7.99. The molecule has 0 unspecified atom stereocenters. The first-order chi connectivity index (χ1) is 12.2. The van der Waals surface area contributed by atoms with Crippen molar-refractivity contribution in [2.45, 2.75) is 6.92 Å². The number of methoxy groups -OCH3 is 1. The third kappa shape index (κ3) is 2.59. The maximum absolute atomic E-state index is 12.8. The highest BCUT2D eigenvalue weighted by Gasteiger charge is 2.16. The molecule has 0 fully saturated rings. The quantitative estimate of drug-likeness (QED) is 0.588. The molecule has 0 saturated carbocycles. The number of ether oxygens (including phenoxy) is 1. The van der Waals surface area contributed by atoms with Gasteiger partial charge in [0.25, 0.3) is 5.91 Å². The van der Waals surface area contributed by atoms with Gasteiger partial charge in [0.1, 0.15) is 11.4 Å². The number of carbonyl (C=O) groups is 1. The van der Waals surface area contributed by atoms with Crippen LogP contribution in [-0.4, -0.2) is 23.0 Å². The molecule has 2 aromatic heterocycles. The number of rotatable bonds is 3. The summed E-state index contributed by atoms with van der Waals surface area (Å²) in [6.07, 6.45) is 1.72. The Morgan fingerprint density at radius 1 is 1.16 bits per heavy atom. The number of H-pyrrole nitrogens is 1. The molecule has 4 rings (SSSR count). The Morgan fingerprint density at radius 2 is 2.00 bits per heavy atom. The summed E-state index contributed by atoms with van der Waals surface area (Å²) in [7, 11) is 1.62. The Hall–Kier alpha value is -3.34. The van der Waals surface area contributed by atoms with E-state index >= 15 is 0 Å². The second kappa shape index (κ2) is 5.94. The average molecular weight is 331 g/mol. The normalized spacial score (nSPS) is 11.0. The first kappa shape index (κ1) is 15.2. The largest absolute Gasteiger partial charge is 0.497 e. The van der Waals surface area contributed by atoms with Gasteiger partial charge in [-0.2, -0.15) is 0 Å². The van der Waals surface area contributed by atoms with Crippen molar-refractivity contribution >= 4 is 33.4 Å². The number of aromatic nitrogens is 2. The van der Waals surface area contributed by atoms with Crippen molar-refractivity contribution in [1.29, 1.82) is 0 Å². The predicted molar refractivity (Wildman–Crippen MR) is 99.3 cm³/mol. The maximum atomic E-state index is 12.8. The molecule has 2 heterocycles. The maximum Gasteiger partial charge on any atom is 0.272 e. The van der Waals surface area contributed by atoms with Crippen LogP contribution in [0.1, 0.15) is 16.1 Å². The monoisotopic (exact) mass is 331 g/mol. The number of hydrogen-bond acceptors (Lipinski definition) is 3. The molecular weight excluding hydrogens is 314 g/mol. The molecule has 0 bridgehead atoms. The number of nitrogens with one attached hydrogen (secondary N) is 2. The van der Waals surface area contributed by atoms with Crippen LogP contribution >= 0.6 is 0 Å². The van der Waals surface area contributed by atoms with Crippen LogP contribution in [0.3, 0.4) is 0 Å².